The molecule has 0 radical (unpaired) electrons. The van der Waals surface area contributed by atoms with Crippen LogP contribution < -0.4 is 5.73 Å². The molecule has 20 heavy (non-hydrogen) atoms. The summed E-state index contributed by atoms with van der Waals surface area (Å²) in [6.45, 7) is -0.189. The van der Waals surface area contributed by atoms with Crippen molar-refractivity contribution in [1.29, 1.82) is 5.26 Å². The summed E-state index contributed by atoms with van der Waals surface area (Å²) in [6.07, 6.45) is 0. The van der Waals surface area contributed by atoms with Crippen molar-refractivity contribution in [1.82, 2.24) is 9.55 Å². The third-order valence-corrected chi connectivity index (χ3v) is 3.12. The van der Waals surface area contributed by atoms with Gasteiger partial charge < -0.3 is 10.8 Å². The number of nitrogens with two attached hydrogens (primary N) is 1. The first-order valence-corrected chi connectivity index (χ1v) is 6.11. The van der Waals surface area contributed by atoms with Gasteiger partial charge in [0.25, 0.3) is 0 Å². The van der Waals surface area contributed by atoms with Crippen molar-refractivity contribution in [2.75, 3.05) is 5.73 Å². The van der Waals surface area contributed by atoms with Gasteiger partial charge in [-0.25, -0.2) is 4.98 Å². The van der Waals surface area contributed by atoms with Crippen molar-refractivity contribution >= 4 is 16.7 Å². The zero-order valence-electron chi connectivity index (χ0n) is 10.6. The third kappa shape index (κ3) is 1.88. The van der Waals surface area contributed by atoms with Gasteiger partial charge in [-0.1, -0.05) is 6.07 Å². The zero-order chi connectivity index (χ0) is 14.1. The Morgan fingerprint density at radius 1 is 1.25 bits per heavy atom. The molecule has 0 atom stereocenters. The summed E-state index contributed by atoms with van der Waals surface area (Å²) in [7, 11) is 0. The fraction of sp³-hybridized carbons (Fsp3) is 0.0667. The van der Waals surface area contributed by atoms with Crippen molar-refractivity contribution in [2.45, 2.75) is 6.61 Å². The summed E-state index contributed by atoms with van der Waals surface area (Å²) in [6, 6.07) is 14.7. The van der Waals surface area contributed by atoms with Crippen LogP contribution in [0.3, 0.4) is 0 Å². The molecule has 1 heterocycles. The van der Waals surface area contributed by atoms with E-state index in [2.05, 4.69) is 11.1 Å². The normalized spacial score (nSPS) is 10.6. The van der Waals surface area contributed by atoms with Crippen LogP contribution in [0.15, 0.2) is 42.5 Å². The molecule has 0 aliphatic carbocycles. The molecule has 98 valence electrons. The summed E-state index contributed by atoms with van der Waals surface area (Å²) >= 11 is 0. The van der Waals surface area contributed by atoms with Gasteiger partial charge in [0.2, 0.25) is 0 Å². The molecule has 0 amide bonds. The van der Waals surface area contributed by atoms with E-state index in [1.165, 1.54) is 0 Å². The van der Waals surface area contributed by atoms with E-state index in [1.807, 2.05) is 16.7 Å². The van der Waals surface area contributed by atoms with Crippen molar-refractivity contribution in [3.63, 3.8) is 0 Å². The lowest BCUT2D eigenvalue weighted by Gasteiger charge is -2.08. The molecule has 0 saturated carbocycles. The van der Waals surface area contributed by atoms with E-state index in [0.29, 0.717) is 17.1 Å². The molecule has 0 fully saturated rings. The Labute approximate surface area is 115 Å². The molecule has 0 spiro atoms. The highest BCUT2D eigenvalue weighted by atomic mass is 16.3. The Morgan fingerprint density at radius 3 is 2.85 bits per heavy atom. The molecular formula is C15H12N4O. The van der Waals surface area contributed by atoms with Crippen LogP contribution in [0.5, 0.6) is 0 Å². The van der Waals surface area contributed by atoms with Crippen LogP contribution in [-0.2, 0) is 6.61 Å². The molecule has 3 N–H and O–H groups in total. The number of anilines is 1. The van der Waals surface area contributed by atoms with E-state index >= 15 is 0 Å². The second kappa shape index (κ2) is 4.68. The van der Waals surface area contributed by atoms with Gasteiger partial charge >= 0.3 is 0 Å². The quantitative estimate of drug-likeness (QED) is 0.693. The molecule has 3 aromatic rings. The number of rotatable bonds is 2. The minimum absolute atomic E-state index is 0.189. The highest BCUT2D eigenvalue weighted by Crippen LogP contribution is 2.24. The standard InChI is InChI=1S/C15H12N4O/c16-8-10-2-1-3-12(6-10)19-14-5-4-11(17)7-13(14)18-15(19)9-20/h1-7,20H,9,17H2. The number of aromatic nitrogens is 2. The number of hydrogen-bond acceptors (Lipinski definition) is 4. The van der Waals surface area contributed by atoms with Crippen LogP contribution in [0.4, 0.5) is 5.69 Å². The number of imidazole rings is 1. The van der Waals surface area contributed by atoms with E-state index in [4.69, 9.17) is 11.0 Å². The van der Waals surface area contributed by atoms with Gasteiger partial charge in [0.15, 0.2) is 0 Å². The van der Waals surface area contributed by atoms with Gasteiger partial charge in [-0.2, -0.15) is 5.26 Å². The van der Waals surface area contributed by atoms with Gasteiger partial charge in [-0.15, -0.1) is 0 Å². The summed E-state index contributed by atoms with van der Waals surface area (Å²) in [4.78, 5) is 4.37. The Bertz CT molecular complexity index is 829. The fourth-order valence-corrected chi connectivity index (χ4v) is 2.26. The van der Waals surface area contributed by atoms with Gasteiger partial charge in [-0.3, -0.25) is 4.57 Å². The number of nitrogen functional groups attached to an aromatic ring is 1. The molecule has 0 aliphatic heterocycles. The van der Waals surface area contributed by atoms with Crippen molar-refractivity contribution in [2.24, 2.45) is 0 Å². The van der Waals surface area contributed by atoms with Crippen LogP contribution >= 0.6 is 0 Å². The van der Waals surface area contributed by atoms with E-state index in [-0.39, 0.29) is 6.61 Å². The molecule has 1 aromatic heterocycles. The number of aliphatic hydroxyl groups excluding tert-OH is 1. The SMILES string of the molecule is N#Cc1cccc(-n2c(CO)nc3cc(N)ccc32)c1. The lowest BCUT2D eigenvalue weighted by Crippen LogP contribution is -2.01. The second-order valence-corrected chi connectivity index (χ2v) is 4.43. The monoisotopic (exact) mass is 264 g/mol. The number of nitrogens with zero attached hydrogens (tertiary/aromatic N) is 3. The lowest BCUT2D eigenvalue weighted by atomic mass is 10.2. The summed E-state index contributed by atoms with van der Waals surface area (Å²) in [5.74, 6) is 0.515. The maximum atomic E-state index is 9.50. The zero-order valence-corrected chi connectivity index (χ0v) is 10.6. The second-order valence-electron chi connectivity index (χ2n) is 4.43. The molecule has 0 aliphatic rings. The van der Waals surface area contributed by atoms with E-state index in [0.717, 1.165) is 16.7 Å². The molecule has 5 nitrogen and oxygen atoms in total. The van der Waals surface area contributed by atoms with Crippen molar-refractivity contribution in [3.05, 3.63) is 53.9 Å². The Morgan fingerprint density at radius 2 is 2.10 bits per heavy atom. The number of benzene rings is 2. The van der Waals surface area contributed by atoms with Crippen molar-refractivity contribution < 1.29 is 5.11 Å². The van der Waals surface area contributed by atoms with Crippen LogP contribution in [0, 0.1) is 11.3 Å². The number of aliphatic hydroxyl groups is 1. The minimum atomic E-state index is -0.189. The first-order valence-electron chi connectivity index (χ1n) is 6.11. The number of fused-ring (bicyclic) bond motifs is 1. The Hall–Kier alpha value is -2.84. The lowest BCUT2D eigenvalue weighted by molar-refractivity contribution is 0.270. The Kier molecular flexibility index (Phi) is 2.86. The average molecular weight is 264 g/mol. The van der Waals surface area contributed by atoms with Gasteiger partial charge in [-0.05, 0) is 36.4 Å². The van der Waals surface area contributed by atoms with Gasteiger partial charge in [0, 0.05) is 11.4 Å². The molecule has 3 rings (SSSR count). The van der Waals surface area contributed by atoms with Crippen molar-refractivity contribution in [3.8, 4) is 11.8 Å². The van der Waals surface area contributed by atoms with Gasteiger partial charge in [0.05, 0.1) is 22.7 Å². The topological polar surface area (TPSA) is 87.9 Å². The Balaban J connectivity index is 2.31. The van der Waals surface area contributed by atoms with E-state index in [9.17, 15) is 5.11 Å². The summed E-state index contributed by atoms with van der Waals surface area (Å²) in [5.41, 5.74) is 9.29. The maximum Gasteiger partial charge on any atom is 0.140 e. The van der Waals surface area contributed by atoms with Crippen LogP contribution in [-0.4, -0.2) is 14.7 Å². The molecule has 0 unspecified atom stereocenters. The first-order chi connectivity index (χ1) is 9.72. The minimum Gasteiger partial charge on any atom is -0.399 e. The summed E-state index contributed by atoms with van der Waals surface area (Å²) in [5, 5.41) is 18.5. The molecule has 2 aromatic carbocycles. The average Bonchev–Trinajstić information content (AvgIpc) is 2.84. The smallest absolute Gasteiger partial charge is 0.140 e. The molecular weight excluding hydrogens is 252 g/mol. The van der Waals surface area contributed by atoms with Crippen LogP contribution in [0.25, 0.3) is 16.7 Å². The highest BCUT2D eigenvalue weighted by molar-refractivity contribution is 5.81. The molecule has 0 bridgehead atoms. The number of nitriles is 1. The predicted octanol–water partition coefficient (Wildman–Crippen LogP) is 1.97. The number of hydrogen-bond donors (Lipinski definition) is 2. The third-order valence-electron chi connectivity index (χ3n) is 3.12. The fourth-order valence-electron chi connectivity index (χ4n) is 2.26. The maximum absolute atomic E-state index is 9.50. The highest BCUT2D eigenvalue weighted by Gasteiger charge is 2.12. The van der Waals surface area contributed by atoms with Crippen LogP contribution in [0.1, 0.15) is 11.4 Å². The largest absolute Gasteiger partial charge is 0.399 e. The summed E-state index contributed by atoms with van der Waals surface area (Å²) < 4.78 is 1.83. The predicted molar refractivity (Wildman–Crippen MR) is 76.1 cm³/mol. The van der Waals surface area contributed by atoms with Crippen LogP contribution in [0.2, 0.25) is 0 Å². The first kappa shape index (κ1) is 12.2. The molecule has 0 saturated heterocycles. The molecule has 5 heteroatoms. The van der Waals surface area contributed by atoms with Gasteiger partial charge in [0.1, 0.15) is 12.4 Å². The van der Waals surface area contributed by atoms with E-state index in [1.54, 1.807) is 30.3 Å². The van der Waals surface area contributed by atoms with E-state index < -0.39 is 0 Å².